The zero-order valence-electron chi connectivity index (χ0n) is 19.4. The number of carbonyl (C=O) groups is 2. The van der Waals surface area contributed by atoms with E-state index in [1.807, 2.05) is 36.4 Å². The number of carboxylic acid groups (broad SMARTS) is 2. The zero-order chi connectivity index (χ0) is 24.5. The Balaban J connectivity index is 2.23. The van der Waals surface area contributed by atoms with Crippen LogP contribution in [-0.4, -0.2) is 22.2 Å². The van der Waals surface area contributed by atoms with Crippen molar-refractivity contribution in [1.29, 1.82) is 0 Å². The van der Waals surface area contributed by atoms with E-state index in [9.17, 15) is 19.8 Å². The van der Waals surface area contributed by atoms with Crippen molar-refractivity contribution in [3.63, 3.8) is 0 Å². The number of carboxylic acids is 2. The molecular formula is C30H26O4. The first kappa shape index (κ1) is 23.0. The van der Waals surface area contributed by atoms with Crippen LogP contribution in [0.3, 0.4) is 0 Å². The van der Waals surface area contributed by atoms with Gasteiger partial charge in [0.15, 0.2) is 0 Å². The van der Waals surface area contributed by atoms with Gasteiger partial charge in [0.25, 0.3) is 0 Å². The Morgan fingerprint density at radius 3 is 1.62 bits per heavy atom. The highest BCUT2D eigenvalue weighted by Crippen LogP contribution is 2.45. The Hall–Kier alpha value is -4.18. The first-order valence-electron chi connectivity index (χ1n) is 11.1. The summed E-state index contributed by atoms with van der Waals surface area (Å²) in [6, 6.07) is 27.6. The Kier molecular flexibility index (Phi) is 6.08. The molecule has 0 aliphatic heterocycles. The van der Waals surface area contributed by atoms with Gasteiger partial charge in [-0.25, -0.2) is 9.59 Å². The minimum Gasteiger partial charge on any atom is -0.478 e. The molecule has 0 bridgehead atoms. The van der Waals surface area contributed by atoms with Gasteiger partial charge in [-0.2, -0.15) is 0 Å². The van der Waals surface area contributed by atoms with Crippen LogP contribution in [0.25, 0.3) is 33.4 Å². The number of hydrogen-bond acceptors (Lipinski definition) is 2. The van der Waals surface area contributed by atoms with Gasteiger partial charge in [0.1, 0.15) is 0 Å². The van der Waals surface area contributed by atoms with Crippen molar-refractivity contribution in [3.8, 4) is 33.4 Å². The van der Waals surface area contributed by atoms with Crippen LogP contribution in [0.5, 0.6) is 0 Å². The predicted octanol–water partition coefficient (Wildman–Crippen LogP) is 7.38. The Morgan fingerprint density at radius 1 is 0.588 bits per heavy atom. The summed E-state index contributed by atoms with van der Waals surface area (Å²) in [5.41, 5.74) is 5.41. The van der Waals surface area contributed by atoms with Gasteiger partial charge in [0.2, 0.25) is 0 Å². The predicted molar refractivity (Wildman–Crippen MR) is 135 cm³/mol. The number of rotatable bonds is 5. The summed E-state index contributed by atoms with van der Waals surface area (Å²) in [5.74, 6) is -2.07. The van der Waals surface area contributed by atoms with Crippen LogP contribution in [0, 0.1) is 0 Å². The van der Waals surface area contributed by atoms with Crippen LogP contribution in [0.2, 0.25) is 0 Å². The lowest BCUT2D eigenvalue weighted by Crippen LogP contribution is -2.13. The molecule has 0 aromatic heterocycles. The minimum absolute atomic E-state index is 0.164. The van der Waals surface area contributed by atoms with Crippen molar-refractivity contribution in [2.75, 3.05) is 0 Å². The van der Waals surface area contributed by atoms with Crippen molar-refractivity contribution < 1.29 is 19.8 Å². The lowest BCUT2D eigenvalue weighted by molar-refractivity contribution is 0.0686. The lowest BCUT2D eigenvalue weighted by Gasteiger charge is -2.26. The van der Waals surface area contributed by atoms with E-state index in [4.69, 9.17) is 0 Å². The van der Waals surface area contributed by atoms with E-state index in [0.29, 0.717) is 22.3 Å². The molecule has 0 spiro atoms. The van der Waals surface area contributed by atoms with Gasteiger partial charge < -0.3 is 10.2 Å². The molecule has 34 heavy (non-hydrogen) atoms. The van der Waals surface area contributed by atoms with Crippen LogP contribution in [0.15, 0.2) is 91.0 Å². The molecular weight excluding hydrogens is 424 g/mol. The van der Waals surface area contributed by atoms with Gasteiger partial charge in [-0.15, -0.1) is 0 Å². The van der Waals surface area contributed by atoms with E-state index in [1.165, 1.54) is 0 Å². The van der Waals surface area contributed by atoms with Crippen molar-refractivity contribution in [3.05, 3.63) is 108 Å². The van der Waals surface area contributed by atoms with Crippen LogP contribution in [0.4, 0.5) is 0 Å². The quantitative estimate of drug-likeness (QED) is 0.333. The Labute approximate surface area is 199 Å². The molecule has 0 heterocycles. The third-order valence-corrected chi connectivity index (χ3v) is 5.96. The van der Waals surface area contributed by atoms with E-state index in [1.54, 1.807) is 48.5 Å². The fourth-order valence-electron chi connectivity index (χ4n) is 4.22. The molecule has 0 saturated heterocycles. The summed E-state index contributed by atoms with van der Waals surface area (Å²) in [7, 11) is 0. The molecule has 170 valence electrons. The average molecular weight is 451 g/mol. The van der Waals surface area contributed by atoms with Crippen LogP contribution in [0.1, 0.15) is 47.1 Å². The Morgan fingerprint density at radius 2 is 1.06 bits per heavy atom. The molecule has 4 rings (SSSR count). The topological polar surface area (TPSA) is 74.6 Å². The second-order valence-electron chi connectivity index (χ2n) is 9.26. The normalized spacial score (nSPS) is 11.3. The Bertz CT molecular complexity index is 1380. The summed E-state index contributed by atoms with van der Waals surface area (Å²) in [6.45, 7) is 6.32. The first-order chi connectivity index (χ1) is 16.2. The molecule has 0 amide bonds. The molecule has 0 aliphatic rings. The van der Waals surface area contributed by atoms with Crippen molar-refractivity contribution in [2.24, 2.45) is 0 Å². The molecule has 0 aliphatic carbocycles. The van der Waals surface area contributed by atoms with E-state index in [-0.39, 0.29) is 16.5 Å². The highest BCUT2D eigenvalue weighted by atomic mass is 16.4. The summed E-state index contributed by atoms with van der Waals surface area (Å²) < 4.78 is 0. The van der Waals surface area contributed by atoms with Gasteiger partial charge in [0, 0.05) is 0 Å². The van der Waals surface area contributed by atoms with Crippen molar-refractivity contribution in [1.82, 2.24) is 0 Å². The molecule has 0 fully saturated rings. The van der Waals surface area contributed by atoms with Crippen molar-refractivity contribution in [2.45, 2.75) is 26.2 Å². The fourth-order valence-corrected chi connectivity index (χ4v) is 4.22. The molecule has 2 N–H and O–H groups in total. The fraction of sp³-hybridized carbons (Fsp3) is 0.133. The van der Waals surface area contributed by atoms with E-state index >= 15 is 0 Å². The second kappa shape index (κ2) is 8.99. The molecule has 0 atom stereocenters. The van der Waals surface area contributed by atoms with Crippen LogP contribution < -0.4 is 0 Å². The van der Waals surface area contributed by atoms with E-state index in [2.05, 4.69) is 26.8 Å². The zero-order valence-corrected chi connectivity index (χ0v) is 19.4. The summed E-state index contributed by atoms with van der Waals surface area (Å²) in [4.78, 5) is 24.4. The molecule has 0 unspecified atom stereocenters. The highest BCUT2D eigenvalue weighted by molar-refractivity contribution is 6.06. The van der Waals surface area contributed by atoms with Gasteiger partial charge in [-0.3, -0.25) is 0 Å². The van der Waals surface area contributed by atoms with Gasteiger partial charge >= 0.3 is 11.9 Å². The molecule has 0 radical (unpaired) electrons. The monoisotopic (exact) mass is 450 g/mol. The van der Waals surface area contributed by atoms with Gasteiger partial charge in [-0.1, -0.05) is 87.5 Å². The largest absolute Gasteiger partial charge is 0.478 e. The molecule has 4 heteroatoms. The smallest absolute Gasteiger partial charge is 0.336 e. The van der Waals surface area contributed by atoms with Crippen LogP contribution >= 0.6 is 0 Å². The lowest BCUT2D eigenvalue weighted by atomic mass is 9.78. The number of hydrogen-bond donors (Lipinski definition) is 2. The summed E-state index contributed by atoms with van der Waals surface area (Å²) >= 11 is 0. The van der Waals surface area contributed by atoms with Crippen molar-refractivity contribution >= 4 is 11.9 Å². The molecule has 4 aromatic rings. The summed E-state index contributed by atoms with van der Waals surface area (Å²) in [6.07, 6.45) is 0. The number of aromatic carboxylic acids is 2. The third-order valence-electron chi connectivity index (χ3n) is 5.96. The SMILES string of the molecule is CC(C)(C)c1cc(-c2ccccc2)c(-c2ccccc2C(=O)O)c(-c2ccccc2C(=O)O)c1. The average Bonchev–Trinajstić information content (AvgIpc) is 2.83. The maximum atomic E-state index is 12.2. The molecule has 0 saturated carbocycles. The maximum absolute atomic E-state index is 12.2. The first-order valence-corrected chi connectivity index (χ1v) is 11.1. The molecule has 4 nitrogen and oxygen atoms in total. The maximum Gasteiger partial charge on any atom is 0.336 e. The highest BCUT2D eigenvalue weighted by Gasteiger charge is 2.25. The second-order valence-corrected chi connectivity index (χ2v) is 9.26. The summed E-state index contributed by atoms with van der Waals surface area (Å²) in [5, 5.41) is 19.9. The number of benzene rings is 4. The van der Waals surface area contributed by atoms with E-state index < -0.39 is 11.9 Å². The standard InChI is InChI=1S/C30H26O4/c1-30(2,3)20-17-25(19-11-5-4-6-12-19)27(22-14-8-10-16-24(22)29(33)34)26(18-20)21-13-7-9-15-23(21)28(31)32/h4-18H,1-3H3,(H,31,32)(H,33,34). The molecule has 4 aromatic carbocycles. The van der Waals surface area contributed by atoms with Crippen LogP contribution in [-0.2, 0) is 5.41 Å². The van der Waals surface area contributed by atoms with Gasteiger partial charge in [-0.05, 0) is 68.6 Å². The van der Waals surface area contributed by atoms with E-state index in [0.717, 1.165) is 16.7 Å². The van der Waals surface area contributed by atoms with Gasteiger partial charge in [0.05, 0.1) is 11.1 Å². The minimum atomic E-state index is -1.04. The third kappa shape index (κ3) is 4.35.